The second-order valence-corrected chi connectivity index (χ2v) is 5.61. The molecular weight excluding hydrogens is 255 g/mol. The third kappa shape index (κ3) is 2.74. The van der Waals surface area contributed by atoms with Gasteiger partial charge < -0.3 is 4.90 Å². The lowest BCUT2D eigenvalue weighted by atomic mass is 9.86. The molecule has 3 rings (SSSR count). The second kappa shape index (κ2) is 5.73. The summed E-state index contributed by atoms with van der Waals surface area (Å²) in [6.07, 6.45) is 7.95. The molecule has 2 atom stereocenters. The van der Waals surface area contributed by atoms with Crippen LogP contribution in [-0.2, 0) is 4.79 Å². The predicted molar refractivity (Wildman–Crippen MR) is 75.6 cm³/mol. The summed E-state index contributed by atoms with van der Waals surface area (Å²) >= 11 is 0. The molecule has 1 aliphatic carbocycles. The third-order valence-corrected chi connectivity index (χ3v) is 4.23. The zero-order valence-corrected chi connectivity index (χ0v) is 11.5. The number of rotatable bonds is 2. The Morgan fingerprint density at radius 2 is 2.30 bits per heavy atom. The highest BCUT2D eigenvalue weighted by atomic mass is 19.1. The van der Waals surface area contributed by atoms with Gasteiger partial charge in [0.25, 0.3) is 0 Å². The topological polar surface area (TPSA) is 33.2 Å². The van der Waals surface area contributed by atoms with Crippen LogP contribution in [0.4, 0.5) is 4.39 Å². The van der Waals surface area contributed by atoms with Gasteiger partial charge in [0.2, 0.25) is 5.91 Å². The Balaban J connectivity index is 1.63. The molecule has 0 bridgehead atoms. The molecule has 0 radical (unpaired) electrons. The molecule has 1 aromatic rings. The van der Waals surface area contributed by atoms with Gasteiger partial charge in [-0.3, -0.25) is 9.78 Å². The van der Waals surface area contributed by atoms with E-state index in [1.54, 1.807) is 11.1 Å². The number of alkyl halides is 1. The van der Waals surface area contributed by atoms with Gasteiger partial charge in [-0.25, -0.2) is 4.39 Å². The third-order valence-electron chi connectivity index (χ3n) is 4.23. The maximum absolute atomic E-state index is 13.2. The fourth-order valence-electron chi connectivity index (χ4n) is 3.05. The summed E-state index contributed by atoms with van der Waals surface area (Å²) in [7, 11) is 0. The van der Waals surface area contributed by atoms with Crippen LogP contribution in [0.3, 0.4) is 0 Å². The molecule has 4 heteroatoms. The van der Waals surface area contributed by atoms with Crippen LogP contribution in [0.5, 0.6) is 0 Å². The molecule has 106 valence electrons. The molecule has 2 aliphatic rings. The molecule has 0 N–H and O–H groups in total. The number of aromatic nitrogens is 1. The van der Waals surface area contributed by atoms with Crippen molar-refractivity contribution in [3.63, 3.8) is 0 Å². The Morgan fingerprint density at radius 3 is 2.90 bits per heavy atom. The Bertz CT molecular complexity index is 514. The highest BCUT2D eigenvalue weighted by molar-refractivity contribution is 5.81. The Hall–Kier alpha value is -1.71. The first kappa shape index (κ1) is 13.3. The van der Waals surface area contributed by atoms with E-state index in [1.807, 2.05) is 12.3 Å². The number of hydrogen-bond acceptors (Lipinski definition) is 2. The molecule has 0 aromatic carbocycles. The largest absolute Gasteiger partial charge is 0.339 e. The van der Waals surface area contributed by atoms with Crippen molar-refractivity contribution in [3.05, 3.63) is 36.2 Å². The standard InChI is InChI=1S/C16H19FN2O/c17-15-7-9-19(11-15)16(20)13-5-3-12(4-6-13)14-2-1-8-18-10-14/h1-3,8,10,13,15H,4-7,9,11H2/t13?,15-/m0/s1. The van der Waals surface area contributed by atoms with Gasteiger partial charge in [0.1, 0.15) is 6.17 Å². The van der Waals surface area contributed by atoms with Crippen LogP contribution in [0, 0.1) is 5.92 Å². The van der Waals surface area contributed by atoms with Gasteiger partial charge in [-0.15, -0.1) is 0 Å². The van der Waals surface area contributed by atoms with E-state index in [2.05, 4.69) is 17.1 Å². The van der Waals surface area contributed by atoms with Gasteiger partial charge in [-0.1, -0.05) is 12.1 Å². The van der Waals surface area contributed by atoms with Gasteiger partial charge in [-0.2, -0.15) is 0 Å². The van der Waals surface area contributed by atoms with Gasteiger partial charge in [0.05, 0.1) is 6.54 Å². The summed E-state index contributed by atoms with van der Waals surface area (Å²) in [5, 5.41) is 0. The minimum Gasteiger partial charge on any atom is -0.339 e. The zero-order valence-electron chi connectivity index (χ0n) is 11.5. The van der Waals surface area contributed by atoms with E-state index >= 15 is 0 Å². The summed E-state index contributed by atoms with van der Waals surface area (Å²) in [6, 6.07) is 3.98. The lowest BCUT2D eigenvalue weighted by Crippen LogP contribution is -2.35. The minimum atomic E-state index is -0.830. The molecular formula is C16H19FN2O. The summed E-state index contributed by atoms with van der Waals surface area (Å²) in [4.78, 5) is 18.1. The van der Waals surface area contributed by atoms with Crippen molar-refractivity contribution in [2.24, 2.45) is 5.92 Å². The van der Waals surface area contributed by atoms with Crippen molar-refractivity contribution in [2.45, 2.75) is 31.9 Å². The first-order valence-corrected chi connectivity index (χ1v) is 7.26. The van der Waals surface area contributed by atoms with Crippen LogP contribution in [0.1, 0.15) is 31.2 Å². The molecule has 1 fully saturated rings. The van der Waals surface area contributed by atoms with E-state index in [9.17, 15) is 9.18 Å². The van der Waals surface area contributed by atoms with Crippen LogP contribution < -0.4 is 0 Å². The second-order valence-electron chi connectivity index (χ2n) is 5.61. The lowest BCUT2D eigenvalue weighted by Gasteiger charge is -2.25. The number of carbonyl (C=O) groups is 1. The van der Waals surface area contributed by atoms with Gasteiger partial charge >= 0.3 is 0 Å². The normalized spacial score (nSPS) is 26.4. The number of pyridine rings is 1. The fourth-order valence-corrected chi connectivity index (χ4v) is 3.05. The lowest BCUT2D eigenvalue weighted by molar-refractivity contribution is -0.134. The molecule has 1 amide bonds. The van der Waals surface area contributed by atoms with Crippen LogP contribution in [0.2, 0.25) is 0 Å². The first-order valence-electron chi connectivity index (χ1n) is 7.26. The molecule has 1 saturated heterocycles. The van der Waals surface area contributed by atoms with Crippen LogP contribution in [-0.4, -0.2) is 35.1 Å². The number of halogens is 1. The van der Waals surface area contributed by atoms with Crippen molar-refractivity contribution in [2.75, 3.05) is 13.1 Å². The van der Waals surface area contributed by atoms with E-state index in [0.29, 0.717) is 13.0 Å². The summed E-state index contributed by atoms with van der Waals surface area (Å²) in [5.74, 6) is 0.160. The van der Waals surface area contributed by atoms with Gasteiger partial charge in [-0.05, 0) is 42.9 Å². The molecule has 0 spiro atoms. The summed E-state index contributed by atoms with van der Waals surface area (Å²) in [5.41, 5.74) is 2.41. The number of nitrogens with zero attached hydrogens (tertiary/aromatic N) is 2. The highest BCUT2D eigenvalue weighted by Crippen LogP contribution is 2.31. The average Bonchev–Trinajstić information content (AvgIpc) is 2.94. The maximum Gasteiger partial charge on any atom is 0.226 e. The number of allylic oxidation sites excluding steroid dienone is 2. The van der Waals surface area contributed by atoms with Crippen molar-refractivity contribution in [3.8, 4) is 0 Å². The van der Waals surface area contributed by atoms with Crippen LogP contribution >= 0.6 is 0 Å². The van der Waals surface area contributed by atoms with E-state index in [-0.39, 0.29) is 18.4 Å². The van der Waals surface area contributed by atoms with E-state index in [0.717, 1.165) is 24.8 Å². The van der Waals surface area contributed by atoms with Crippen molar-refractivity contribution in [1.29, 1.82) is 0 Å². The van der Waals surface area contributed by atoms with Gasteiger partial charge in [0, 0.05) is 24.9 Å². The molecule has 20 heavy (non-hydrogen) atoms. The molecule has 3 nitrogen and oxygen atoms in total. The zero-order chi connectivity index (χ0) is 13.9. The Morgan fingerprint density at radius 1 is 1.40 bits per heavy atom. The fraction of sp³-hybridized carbons (Fsp3) is 0.500. The van der Waals surface area contributed by atoms with Gasteiger partial charge in [0.15, 0.2) is 0 Å². The average molecular weight is 274 g/mol. The number of amides is 1. The minimum absolute atomic E-state index is 0.0284. The first-order chi connectivity index (χ1) is 9.74. The van der Waals surface area contributed by atoms with Crippen LogP contribution in [0.15, 0.2) is 30.6 Å². The Labute approximate surface area is 118 Å². The Kier molecular flexibility index (Phi) is 3.81. The van der Waals surface area contributed by atoms with E-state index in [1.165, 1.54) is 5.57 Å². The number of hydrogen-bond donors (Lipinski definition) is 0. The smallest absolute Gasteiger partial charge is 0.226 e. The van der Waals surface area contributed by atoms with Crippen molar-refractivity contribution in [1.82, 2.24) is 9.88 Å². The number of likely N-dealkylation sites (tertiary alicyclic amines) is 1. The summed E-state index contributed by atoms with van der Waals surface area (Å²) < 4.78 is 13.2. The predicted octanol–water partition coefficient (Wildman–Crippen LogP) is 2.84. The molecule has 0 saturated carbocycles. The van der Waals surface area contributed by atoms with Crippen molar-refractivity contribution < 1.29 is 9.18 Å². The monoisotopic (exact) mass is 274 g/mol. The molecule has 2 heterocycles. The SMILES string of the molecule is O=C(C1CC=C(c2cccnc2)CC1)N1CC[C@H](F)C1. The molecule has 1 unspecified atom stereocenters. The number of carbonyl (C=O) groups excluding carboxylic acids is 1. The molecule has 1 aromatic heterocycles. The maximum atomic E-state index is 13.2. The molecule has 1 aliphatic heterocycles. The van der Waals surface area contributed by atoms with E-state index in [4.69, 9.17) is 0 Å². The highest BCUT2D eigenvalue weighted by Gasteiger charge is 2.31. The van der Waals surface area contributed by atoms with E-state index < -0.39 is 6.17 Å². The van der Waals surface area contributed by atoms with Crippen LogP contribution in [0.25, 0.3) is 5.57 Å². The van der Waals surface area contributed by atoms with Crippen molar-refractivity contribution >= 4 is 11.5 Å². The summed E-state index contributed by atoms with van der Waals surface area (Å²) in [6.45, 7) is 0.865. The quantitative estimate of drug-likeness (QED) is 0.831.